The molecule has 2 amide bonds. The van der Waals surface area contributed by atoms with Gasteiger partial charge in [0, 0.05) is 5.92 Å². The van der Waals surface area contributed by atoms with Gasteiger partial charge in [-0.25, -0.2) is 9.59 Å². The molecule has 2 aromatic rings. The molecule has 10 heteroatoms. The number of carbonyl (C=O) groups excluding carboxylic acids is 2. The van der Waals surface area contributed by atoms with Crippen LogP contribution in [0.3, 0.4) is 0 Å². The molecule has 1 aliphatic carbocycles. The van der Waals surface area contributed by atoms with Crippen molar-refractivity contribution in [1.82, 2.24) is 10.6 Å². The standard InChI is InChI=1S/C23H23F3N2O5/c1-12(2)18(20(29)28-19(21(30)31)23(24,25)26)27-22(32)33-11-17-15-9-5-3-7-13(15)14-8-4-6-10-16(14)17/h3-10,12,17-19H,11H2,1-2H3,(H,27,32)(H,28,29)(H,30,31)/t18-,19?/m1/s1. The summed E-state index contributed by atoms with van der Waals surface area (Å²) in [7, 11) is 0. The van der Waals surface area contributed by atoms with E-state index in [0.29, 0.717) is 0 Å². The van der Waals surface area contributed by atoms with Crippen molar-refractivity contribution in [2.45, 2.75) is 38.0 Å². The average molecular weight is 464 g/mol. The Balaban J connectivity index is 1.68. The maximum Gasteiger partial charge on any atom is 0.419 e. The smallest absolute Gasteiger partial charge is 0.419 e. The Morgan fingerprint density at radius 2 is 1.48 bits per heavy atom. The second-order valence-electron chi connectivity index (χ2n) is 8.01. The Kier molecular flexibility index (Phi) is 6.95. The van der Waals surface area contributed by atoms with Crippen LogP contribution in [-0.4, -0.2) is 47.9 Å². The molecule has 2 aromatic carbocycles. The zero-order valence-corrected chi connectivity index (χ0v) is 17.8. The lowest BCUT2D eigenvalue weighted by Crippen LogP contribution is -2.57. The number of aliphatic carboxylic acids is 1. The summed E-state index contributed by atoms with van der Waals surface area (Å²) >= 11 is 0. The molecule has 0 aliphatic heterocycles. The third-order valence-corrected chi connectivity index (χ3v) is 5.43. The molecular weight excluding hydrogens is 441 g/mol. The highest BCUT2D eigenvalue weighted by atomic mass is 19.4. The first-order chi connectivity index (χ1) is 15.5. The van der Waals surface area contributed by atoms with Gasteiger partial charge in [0.15, 0.2) is 0 Å². The third-order valence-electron chi connectivity index (χ3n) is 5.43. The highest BCUT2D eigenvalue weighted by Gasteiger charge is 2.47. The minimum Gasteiger partial charge on any atom is -0.479 e. The van der Waals surface area contributed by atoms with Gasteiger partial charge >= 0.3 is 18.2 Å². The number of carboxylic acids is 1. The fourth-order valence-electron chi connectivity index (χ4n) is 3.82. The van der Waals surface area contributed by atoms with Gasteiger partial charge in [0.05, 0.1) is 0 Å². The maximum atomic E-state index is 12.9. The number of carbonyl (C=O) groups is 3. The Labute approximate surface area is 187 Å². The molecule has 0 bridgehead atoms. The average Bonchev–Trinajstić information content (AvgIpc) is 3.06. The number of fused-ring (bicyclic) bond motifs is 3. The molecule has 0 radical (unpaired) electrons. The molecule has 0 saturated carbocycles. The van der Waals surface area contributed by atoms with Crippen LogP contribution in [0.2, 0.25) is 0 Å². The normalized spacial score (nSPS) is 14.7. The van der Waals surface area contributed by atoms with E-state index in [1.807, 2.05) is 48.5 Å². The van der Waals surface area contributed by atoms with E-state index in [1.54, 1.807) is 0 Å². The zero-order valence-electron chi connectivity index (χ0n) is 17.8. The number of hydrogen-bond acceptors (Lipinski definition) is 4. The Morgan fingerprint density at radius 1 is 0.970 bits per heavy atom. The van der Waals surface area contributed by atoms with Crippen molar-refractivity contribution in [1.29, 1.82) is 0 Å². The van der Waals surface area contributed by atoms with Crippen molar-refractivity contribution >= 4 is 18.0 Å². The number of halogens is 3. The summed E-state index contributed by atoms with van der Waals surface area (Å²) in [6, 6.07) is 10.8. The lowest BCUT2D eigenvalue weighted by atomic mass is 9.98. The van der Waals surface area contributed by atoms with Crippen LogP contribution >= 0.6 is 0 Å². The van der Waals surface area contributed by atoms with Gasteiger partial charge in [0.25, 0.3) is 0 Å². The third kappa shape index (κ3) is 5.27. The summed E-state index contributed by atoms with van der Waals surface area (Å²) in [5.41, 5.74) is 3.99. The van der Waals surface area contributed by atoms with Crippen molar-refractivity contribution in [3.8, 4) is 11.1 Å². The van der Waals surface area contributed by atoms with E-state index in [4.69, 9.17) is 9.84 Å². The predicted molar refractivity (Wildman–Crippen MR) is 112 cm³/mol. The first-order valence-electron chi connectivity index (χ1n) is 10.2. The fourth-order valence-corrected chi connectivity index (χ4v) is 3.82. The molecule has 0 saturated heterocycles. The van der Waals surface area contributed by atoms with E-state index >= 15 is 0 Å². The SMILES string of the molecule is CC(C)[C@@H](NC(=O)OCC1c2ccccc2-c2ccccc21)C(=O)NC(C(=O)O)C(F)(F)F. The lowest BCUT2D eigenvalue weighted by Gasteiger charge is -2.25. The van der Waals surface area contributed by atoms with E-state index in [9.17, 15) is 27.6 Å². The molecule has 0 heterocycles. The van der Waals surface area contributed by atoms with Crippen LogP contribution in [0.5, 0.6) is 0 Å². The first kappa shape index (κ1) is 24.1. The molecule has 1 unspecified atom stereocenters. The van der Waals surface area contributed by atoms with E-state index in [2.05, 4.69) is 5.32 Å². The number of amides is 2. The molecule has 0 spiro atoms. The van der Waals surface area contributed by atoms with E-state index in [1.165, 1.54) is 19.2 Å². The molecule has 176 valence electrons. The predicted octanol–water partition coefficient (Wildman–Crippen LogP) is 3.68. The largest absolute Gasteiger partial charge is 0.479 e. The van der Waals surface area contributed by atoms with Gasteiger partial charge in [-0.2, -0.15) is 13.2 Å². The minimum absolute atomic E-state index is 0.0490. The number of alkyl halides is 3. The van der Waals surface area contributed by atoms with Crippen molar-refractivity contribution in [2.24, 2.45) is 5.92 Å². The molecule has 3 N–H and O–H groups in total. The van der Waals surface area contributed by atoms with Crippen LogP contribution in [0.4, 0.5) is 18.0 Å². The number of ether oxygens (including phenoxy) is 1. The number of benzene rings is 2. The second kappa shape index (κ2) is 9.51. The first-order valence-corrected chi connectivity index (χ1v) is 10.2. The highest BCUT2D eigenvalue weighted by Crippen LogP contribution is 2.44. The summed E-state index contributed by atoms with van der Waals surface area (Å²) < 4.78 is 44.0. The maximum absolute atomic E-state index is 12.9. The van der Waals surface area contributed by atoms with Crippen molar-refractivity contribution in [2.75, 3.05) is 6.61 Å². The summed E-state index contributed by atoms with van der Waals surface area (Å²) in [5.74, 6) is -4.40. The molecular formula is C23H23F3N2O5. The van der Waals surface area contributed by atoms with Crippen molar-refractivity contribution < 1.29 is 37.4 Å². The molecule has 0 aromatic heterocycles. The molecule has 3 rings (SSSR count). The summed E-state index contributed by atoms with van der Waals surface area (Å²) in [5, 5.41) is 12.5. The molecule has 2 atom stereocenters. The van der Waals surface area contributed by atoms with Gasteiger partial charge in [0.2, 0.25) is 11.9 Å². The topological polar surface area (TPSA) is 105 Å². The van der Waals surface area contributed by atoms with Gasteiger partial charge < -0.3 is 20.5 Å². The van der Waals surface area contributed by atoms with Gasteiger partial charge in [0.1, 0.15) is 12.6 Å². The van der Waals surface area contributed by atoms with Gasteiger partial charge in [-0.1, -0.05) is 62.4 Å². The Bertz CT molecular complexity index is 1010. The Hall–Kier alpha value is -3.56. The van der Waals surface area contributed by atoms with E-state index in [0.717, 1.165) is 22.3 Å². The van der Waals surface area contributed by atoms with Gasteiger partial charge in [-0.3, -0.25) is 4.79 Å². The fraction of sp³-hybridized carbons (Fsp3) is 0.348. The second-order valence-corrected chi connectivity index (χ2v) is 8.01. The number of carboxylic acid groups (broad SMARTS) is 1. The van der Waals surface area contributed by atoms with Crippen LogP contribution in [0.15, 0.2) is 48.5 Å². The van der Waals surface area contributed by atoms with Crippen LogP contribution in [-0.2, 0) is 14.3 Å². The monoisotopic (exact) mass is 464 g/mol. The summed E-state index contributed by atoms with van der Waals surface area (Å²) in [6.07, 6.45) is -6.18. The summed E-state index contributed by atoms with van der Waals surface area (Å²) in [4.78, 5) is 35.6. The lowest BCUT2D eigenvalue weighted by molar-refractivity contribution is -0.182. The summed E-state index contributed by atoms with van der Waals surface area (Å²) in [6.45, 7) is 2.95. The van der Waals surface area contributed by atoms with Crippen molar-refractivity contribution in [3.63, 3.8) is 0 Å². The van der Waals surface area contributed by atoms with Crippen LogP contribution in [0, 0.1) is 5.92 Å². The number of nitrogens with one attached hydrogen (secondary N) is 2. The van der Waals surface area contributed by atoms with Gasteiger partial charge in [-0.15, -0.1) is 0 Å². The zero-order chi connectivity index (χ0) is 24.3. The molecule has 33 heavy (non-hydrogen) atoms. The van der Waals surface area contributed by atoms with E-state index in [-0.39, 0.29) is 12.5 Å². The minimum atomic E-state index is -5.19. The van der Waals surface area contributed by atoms with E-state index < -0.39 is 42.1 Å². The number of hydrogen-bond donors (Lipinski definition) is 3. The van der Waals surface area contributed by atoms with Crippen LogP contribution in [0.1, 0.15) is 30.9 Å². The molecule has 1 aliphatic rings. The number of rotatable bonds is 7. The quantitative estimate of drug-likeness (QED) is 0.580. The van der Waals surface area contributed by atoms with Crippen molar-refractivity contribution in [3.05, 3.63) is 59.7 Å². The van der Waals surface area contributed by atoms with Gasteiger partial charge in [-0.05, 0) is 28.2 Å². The molecule has 0 fully saturated rings. The van der Waals surface area contributed by atoms with Crippen LogP contribution < -0.4 is 10.6 Å². The number of alkyl carbamates (subject to hydrolysis) is 1. The Morgan fingerprint density at radius 3 is 1.94 bits per heavy atom. The van der Waals surface area contributed by atoms with Crippen LogP contribution in [0.25, 0.3) is 11.1 Å². The molecule has 7 nitrogen and oxygen atoms in total. The highest BCUT2D eigenvalue weighted by molar-refractivity contribution is 5.89.